The van der Waals surface area contributed by atoms with Gasteiger partial charge in [0.15, 0.2) is 0 Å². The molecule has 0 rings (SSSR count). The van der Waals surface area contributed by atoms with E-state index in [2.05, 4.69) is 5.32 Å². The summed E-state index contributed by atoms with van der Waals surface area (Å²) in [5.74, 6) is -0.577. The molecule has 0 atom stereocenters. The van der Waals surface area contributed by atoms with Gasteiger partial charge in [-0.1, -0.05) is 0 Å². The Morgan fingerprint density at radius 2 is 2.00 bits per heavy atom. The maximum atomic E-state index is 11.5. The summed E-state index contributed by atoms with van der Waals surface area (Å²) in [4.78, 5) is 34.4. The number of primary amides is 1. The lowest BCUT2D eigenvalue weighted by Gasteiger charge is -2.18. The van der Waals surface area contributed by atoms with Gasteiger partial charge in [0.1, 0.15) is 6.54 Å². The summed E-state index contributed by atoms with van der Waals surface area (Å²) in [6, 6.07) is 0. The molecule has 0 fully saturated rings. The Labute approximate surface area is 104 Å². The van der Waals surface area contributed by atoms with Crippen LogP contribution in [0.4, 0.5) is 0 Å². The molecule has 0 aliphatic rings. The molecule has 0 aromatic heterocycles. The number of hydrogen-bond donors (Lipinski definition) is 3. The Kier molecular flexibility index (Phi) is 8.16. The number of nitrogens with two attached hydrogens (primary N) is 2. The third kappa shape index (κ3) is 7.58. The fourth-order valence-electron chi connectivity index (χ4n) is 1.01. The third-order valence-electron chi connectivity index (χ3n) is 1.89. The number of hydrogen-bond acceptors (Lipinski definition) is 5. The Hall–Kier alpha value is -1.28. The minimum Gasteiger partial charge on any atom is -0.368 e. The van der Waals surface area contributed by atoms with Crippen molar-refractivity contribution in [3.8, 4) is 0 Å². The molecule has 5 N–H and O–H groups in total. The van der Waals surface area contributed by atoms with Crippen molar-refractivity contribution in [3.63, 3.8) is 0 Å². The fraction of sp³-hybridized carbons (Fsp3) is 0.667. The zero-order chi connectivity index (χ0) is 13.3. The molecule has 0 unspecified atom stereocenters. The second kappa shape index (κ2) is 8.82. The standard InChI is InChI=1S/C9H18N4O3S/c1-17-3-2-8(15)12-4-9(16)13(6-10)5-7(11)14/h2-6,10H2,1H3,(H2,11,14)(H,12,15). The van der Waals surface area contributed by atoms with Crippen LogP contribution in [0.15, 0.2) is 0 Å². The lowest BCUT2D eigenvalue weighted by atomic mass is 10.4. The largest absolute Gasteiger partial charge is 0.368 e. The second-order valence-corrected chi connectivity index (χ2v) is 4.25. The van der Waals surface area contributed by atoms with Crippen LogP contribution in [0.1, 0.15) is 6.42 Å². The van der Waals surface area contributed by atoms with E-state index < -0.39 is 11.8 Å². The summed E-state index contributed by atoms with van der Waals surface area (Å²) in [7, 11) is 0. The van der Waals surface area contributed by atoms with Crippen LogP contribution in [0.2, 0.25) is 0 Å². The fourth-order valence-corrected chi connectivity index (χ4v) is 1.40. The Morgan fingerprint density at radius 1 is 1.35 bits per heavy atom. The average molecular weight is 262 g/mol. The summed E-state index contributed by atoms with van der Waals surface area (Å²) in [6.45, 7) is -0.518. The molecule has 0 radical (unpaired) electrons. The maximum absolute atomic E-state index is 11.5. The van der Waals surface area contributed by atoms with Gasteiger partial charge in [-0.25, -0.2) is 0 Å². The first-order chi connectivity index (χ1) is 8.01. The molecule has 7 nitrogen and oxygen atoms in total. The summed E-state index contributed by atoms with van der Waals surface area (Å²) in [5.41, 5.74) is 10.2. The minimum atomic E-state index is -0.641. The number of carbonyl (C=O) groups is 3. The number of nitrogens with one attached hydrogen (secondary N) is 1. The van der Waals surface area contributed by atoms with E-state index in [1.54, 1.807) is 11.8 Å². The highest BCUT2D eigenvalue weighted by molar-refractivity contribution is 7.98. The third-order valence-corrected chi connectivity index (χ3v) is 2.50. The van der Waals surface area contributed by atoms with Crippen LogP contribution in [-0.2, 0) is 14.4 Å². The SMILES string of the molecule is CSCCC(=O)NCC(=O)N(CN)CC(N)=O. The van der Waals surface area contributed by atoms with E-state index in [0.717, 1.165) is 4.90 Å². The van der Waals surface area contributed by atoms with E-state index in [-0.39, 0.29) is 25.7 Å². The molecule has 8 heteroatoms. The maximum Gasteiger partial charge on any atom is 0.243 e. The molecule has 0 heterocycles. The summed E-state index contributed by atoms with van der Waals surface area (Å²) in [5, 5.41) is 2.45. The van der Waals surface area contributed by atoms with Crippen LogP contribution < -0.4 is 16.8 Å². The Morgan fingerprint density at radius 3 is 2.47 bits per heavy atom. The number of nitrogens with zero attached hydrogens (tertiary/aromatic N) is 1. The topological polar surface area (TPSA) is 119 Å². The van der Waals surface area contributed by atoms with Crippen molar-refractivity contribution in [2.75, 3.05) is 31.8 Å². The molecular weight excluding hydrogens is 244 g/mol. The molecule has 3 amide bonds. The quantitative estimate of drug-likeness (QED) is 0.441. The van der Waals surface area contributed by atoms with Crippen molar-refractivity contribution in [2.24, 2.45) is 11.5 Å². The van der Waals surface area contributed by atoms with Crippen molar-refractivity contribution < 1.29 is 14.4 Å². The van der Waals surface area contributed by atoms with Gasteiger partial charge in [-0.15, -0.1) is 0 Å². The van der Waals surface area contributed by atoms with Gasteiger partial charge in [-0.2, -0.15) is 11.8 Å². The van der Waals surface area contributed by atoms with Gasteiger partial charge in [0, 0.05) is 12.2 Å². The van der Waals surface area contributed by atoms with Crippen molar-refractivity contribution in [3.05, 3.63) is 0 Å². The van der Waals surface area contributed by atoms with Crippen molar-refractivity contribution in [1.29, 1.82) is 0 Å². The van der Waals surface area contributed by atoms with Crippen LogP contribution in [0.25, 0.3) is 0 Å². The lowest BCUT2D eigenvalue weighted by molar-refractivity contribution is -0.135. The monoisotopic (exact) mass is 262 g/mol. The first-order valence-electron chi connectivity index (χ1n) is 5.03. The smallest absolute Gasteiger partial charge is 0.243 e. The normalized spacial score (nSPS) is 9.76. The molecule has 0 saturated heterocycles. The summed E-state index contributed by atoms with van der Waals surface area (Å²) >= 11 is 1.55. The molecule has 0 spiro atoms. The Bertz CT molecular complexity index is 285. The van der Waals surface area contributed by atoms with Gasteiger partial charge in [-0.05, 0) is 6.26 Å². The van der Waals surface area contributed by atoms with E-state index in [4.69, 9.17) is 11.5 Å². The first-order valence-corrected chi connectivity index (χ1v) is 6.42. The van der Waals surface area contributed by atoms with Gasteiger partial charge in [0.25, 0.3) is 0 Å². The number of amides is 3. The summed E-state index contributed by atoms with van der Waals surface area (Å²) in [6.07, 6.45) is 2.24. The van der Waals surface area contributed by atoms with Gasteiger partial charge in [-0.3, -0.25) is 14.4 Å². The van der Waals surface area contributed by atoms with Gasteiger partial charge in [0.05, 0.1) is 13.2 Å². The van der Waals surface area contributed by atoms with E-state index in [1.807, 2.05) is 6.26 Å². The van der Waals surface area contributed by atoms with Gasteiger partial charge < -0.3 is 21.7 Å². The highest BCUT2D eigenvalue weighted by Gasteiger charge is 2.14. The lowest BCUT2D eigenvalue weighted by Crippen LogP contribution is -2.46. The van der Waals surface area contributed by atoms with Gasteiger partial charge >= 0.3 is 0 Å². The molecule has 0 aliphatic carbocycles. The highest BCUT2D eigenvalue weighted by atomic mass is 32.2. The minimum absolute atomic E-state index is 0.109. The zero-order valence-electron chi connectivity index (χ0n) is 9.77. The predicted octanol–water partition coefficient (Wildman–Crippen LogP) is -1.91. The molecular formula is C9H18N4O3S. The molecule has 0 aromatic carbocycles. The number of thioether (sulfide) groups is 1. The molecule has 0 aliphatic heterocycles. The molecule has 98 valence electrons. The zero-order valence-corrected chi connectivity index (χ0v) is 10.6. The molecule has 0 aromatic rings. The van der Waals surface area contributed by atoms with E-state index in [9.17, 15) is 14.4 Å². The Balaban J connectivity index is 3.97. The predicted molar refractivity (Wildman–Crippen MR) is 66.0 cm³/mol. The molecule has 0 bridgehead atoms. The van der Waals surface area contributed by atoms with Gasteiger partial charge in [0.2, 0.25) is 17.7 Å². The van der Waals surface area contributed by atoms with Crippen molar-refractivity contribution in [2.45, 2.75) is 6.42 Å². The van der Waals surface area contributed by atoms with Crippen LogP contribution in [0, 0.1) is 0 Å². The van der Waals surface area contributed by atoms with Crippen LogP contribution in [-0.4, -0.2) is 54.4 Å². The van der Waals surface area contributed by atoms with Crippen LogP contribution in [0.5, 0.6) is 0 Å². The number of carbonyl (C=O) groups excluding carboxylic acids is 3. The average Bonchev–Trinajstić information content (AvgIpc) is 2.29. The van der Waals surface area contributed by atoms with Crippen molar-refractivity contribution in [1.82, 2.24) is 10.2 Å². The van der Waals surface area contributed by atoms with Crippen molar-refractivity contribution >= 4 is 29.5 Å². The van der Waals surface area contributed by atoms with E-state index in [1.165, 1.54) is 0 Å². The first kappa shape index (κ1) is 15.7. The van der Waals surface area contributed by atoms with E-state index in [0.29, 0.717) is 12.2 Å². The summed E-state index contributed by atoms with van der Waals surface area (Å²) < 4.78 is 0. The van der Waals surface area contributed by atoms with E-state index >= 15 is 0 Å². The number of rotatable bonds is 8. The van der Waals surface area contributed by atoms with Crippen LogP contribution >= 0.6 is 11.8 Å². The molecule has 0 saturated carbocycles. The molecule has 17 heavy (non-hydrogen) atoms. The highest BCUT2D eigenvalue weighted by Crippen LogP contribution is 1.94. The van der Waals surface area contributed by atoms with Crippen LogP contribution in [0.3, 0.4) is 0 Å². The second-order valence-electron chi connectivity index (χ2n) is 3.26.